The Morgan fingerprint density at radius 1 is 0.957 bits per heavy atom. The van der Waals surface area contributed by atoms with Gasteiger partial charge in [0.25, 0.3) is 0 Å². The zero-order valence-electron chi connectivity index (χ0n) is 13.9. The van der Waals surface area contributed by atoms with Crippen molar-refractivity contribution >= 4 is 0 Å². The van der Waals surface area contributed by atoms with Crippen LogP contribution in [-0.2, 0) is 0 Å². The molecule has 1 aromatic carbocycles. The van der Waals surface area contributed by atoms with E-state index >= 15 is 0 Å². The fourth-order valence-electron chi connectivity index (χ4n) is 2.75. The number of piperazine rings is 1. The van der Waals surface area contributed by atoms with Gasteiger partial charge < -0.3 is 15.0 Å². The summed E-state index contributed by atoms with van der Waals surface area (Å²) in [5.41, 5.74) is 0. The molecule has 3 heteroatoms. The minimum absolute atomic E-state index is 0.285. The lowest BCUT2D eigenvalue weighted by Gasteiger charge is -2.28. The number of para-hydroxylation sites is 1. The minimum Gasteiger partial charge on any atom is -0.491 e. The predicted molar refractivity (Wildman–Crippen MR) is 94.6 cm³/mol. The van der Waals surface area contributed by atoms with Gasteiger partial charge in [0, 0.05) is 32.7 Å². The molecule has 4 rings (SSSR count). The molecule has 0 spiro atoms. The van der Waals surface area contributed by atoms with Crippen LogP contribution >= 0.6 is 0 Å². The zero-order chi connectivity index (χ0) is 15.9. The average Bonchev–Trinajstić information content (AvgIpc) is 2.59. The van der Waals surface area contributed by atoms with Gasteiger partial charge in [-0.3, -0.25) is 0 Å². The van der Waals surface area contributed by atoms with Crippen LogP contribution < -0.4 is 10.1 Å². The topological polar surface area (TPSA) is 24.5 Å². The Balaban J connectivity index is 0.000000213. The SMILES string of the molecule is CC(CCN1CCNCC1)Oc1ccccc1.c1cc2ccc1=2. The first-order chi connectivity index (χ1) is 11.3. The largest absolute Gasteiger partial charge is 0.491 e. The van der Waals surface area contributed by atoms with Crippen LogP contribution in [0.4, 0.5) is 0 Å². The Morgan fingerprint density at radius 2 is 1.57 bits per heavy atom. The van der Waals surface area contributed by atoms with E-state index in [4.69, 9.17) is 4.74 Å². The van der Waals surface area contributed by atoms with Gasteiger partial charge in [-0.15, -0.1) is 0 Å². The van der Waals surface area contributed by atoms with Gasteiger partial charge in [0.2, 0.25) is 0 Å². The summed E-state index contributed by atoms with van der Waals surface area (Å²) in [6, 6.07) is 18.5. The number of hydrogen-bond acceptors (Lipinski definition) is 3. The van der Waals surface area contributed by atoms with E-state index in [9.17, 15) is 0 Å². The van der Waals surface area contributed by atoms with Crippen molar-refractivity contribution in [2.75, 3.05) is 32.7 Å². The molecule has 0 bridgehead atoms. The van der Waals surface area contributed by atoms with Gasteiger partial charge in [0.05, 0.1) is 6.10 Å². The van der Waals surface area contributed by atoms with Crippen LogP contribution in [0.25, 0.3) is 0 Å². The summed E-state index contributed by atoms with van der Waals surface area (Å²) >= 11 is 0. The zero-order valence-corrected chi connectivity index (χ0v) is 13.9. The first kappa shape index (κ1) is 16.0. The fraction of sp³-hybridized carbons (Fsp3) is 0.400. The lowest BCUT2D eigenvalue weighted by Crippen LogP contribution is -2.44. The Bertz CT molecular complexity index is 630. The lowest BCUT2D eigenvalue weighted by molar-refractivity contribution is 0.167. The van der Waals surface area contributed by atoms with Gasteiger partial charge in [-0.1, -0.05) is 42.5 Å². The highest BCUT2D eigenvalue weighted by Gasteiger charge is 2.11. The van der Waals surface area contributed by atoms with E-state index in [1.807, 2.05) is 30.3 Å². The number of hydrogen-bond donors (Lipinski definition) is 1. The first-order valence-electron chi connectivity index (χ1n) is 8.56. The molecule has 1 N–H and O–H groups in total. The maximum atomic E-state index is 5.86. The van der Waals surface area contributed by atoms with Crippen LogP contribution in [0.1, 0.15) is 13.3 Å². The molecule has 3 aliphatic rings. The molecule has 1 unspecified atom stereocenters. The normalized spacial score (nSPS) is 16.9. The van der Waals surface area contributed by atoms with Crippen LogP contribution in [0.2, 0.25) is 0 Å². The highest BCUT2D eigenvalue weighted by atomic mass is 16.5. The molecule has 1 fully saturated rings. The predicted octanol–water partition coefficient (Wildman–Crippen LogP) is 3.04. The second-order valence-electron chi connectivity index (χ2n) is 6.20. The van der Waals surface area contributed by atoms with Gasteiger partial charge in [0.15, 0.2) is 0 Å². The molecule has 23 heavy (non-hydrogen) atoms. The van der Waals surface area contributed by atoms with Crippen molar-refractivity contribution < 1.29 is 4.74 Å². The smallest absolute Gasteiger partial charge is 0.119 e. The summed E-state index contributed by atoms with van der Waals surface area (Å²) in [4.78, 5) is 2.50. The van der Waals surface area contributed by atoms with E-state index in [-0.39, 0.29) is 6.10 Å². The fourth-order valence-corrected chi connectivity index (χ4v) is 2.75. The van der Waals surface area contributed by atoms with Crippen LogP contribution in [0.3, 0.4) is 0 Å². The number of nitrogens with zero attached hydrogens (tertiary/aromatic N) is 1. The Hall–Kier alpha value is -1.84. The van der Waals surface area contributed by atoms with Gasteiger partial charge in [-0.05, 0) is 35.9 Å². The molecule has 2 aliphatic carbocycles. The maximum Gasteiger partial charge on any atom is 0.119 e. The third kappa shape index (κ3) is 4.81. The molecule has 1 atom stereocenters. The maximum absolute atomic E-state index is 5.86. The Labute approximate surface area is 138 Å². The Morgan fingerprint density at radius 3 is 2.09 bits per heavy atom. The van der Waals surface area contributed by atoms with Gasteiger partial charge in [-0.2, -0.15) is 0 Å². The van der Waals surface area contributed by atoms with Crippen LogP contribution in [0, 0.1) is 10.4 Å². The highest BCUT2D eigenvalue weighted by Crippen LogP contribution is 2.12. The molecule has 1 saturated heterocycles. The molecular weight excluding hydrogens is 284 g/mol. The van der Waals surface area contributed by atoms with E-state index in [2.05, 4.69) is 41.4 Å². The van der Waals surface area contributed by atoms with E-state index in [0.29, 0.717) is 0 Å². The van der Waals surface area contributed by atoms with Crippen LogP contribution in [0.15, 0.2) is 54.6 Å². The van der Waals surface area contributed by atoms with Crippen molar-refractivity contribution in [1.82, 2.24) is 10.2 Å². The van der Waals surface area contributed by atoms with Gasteiger partial charge in [-0.25, -0.2) is 0 Å². The molecule has 1 heterocycles. The third-order valence-corrected chi connectivity index (χ3v) is 4.36. The van der Waals surface area contributed by atoms with E-state index in [0.717, 1.165) is 44.9 Å². The molecule has 122 valence electrons. The third-order valence-electron chi connectivity index (χ3n) is 4.36. The van der Waals surface area contributed by atoms with Crippen molar-refractivity contribution in [2.45, 2.75) is 19.4 Å². The monoisotopic (exact) mass is 310 g/mol. The minimum atomic E-state index is 0.285. The molecule has 1 aliphatic heterocycles. The quantitative estimate of drug-likeness (QED) is 0.784. The number of nitrogens with one attached hydrogen (secondary N) is 1. The summed E-state index contributed by atoms with van der Waals surface area (Å²) in [6.07, 6.45) is 1.38. The Kier molecular flexibility index (Phi) is 5.67. The van der Waals surface area contributed by atoms with Crippen molar-refractivity contribution in [1.29, 1.82) is 0 Å². The van der Waals surface area contributed by atoms with Crippen LogP contribution in [-0.4, -0.2) is 43.7 Å². The van der Waals surface area contributed by atoms with E-state index < -0.39 is 0 Å². The summed E-state index contributed by atoms with van der Waals surface area (Å²) in [5.74, 6) is 0.973. The lowest BCUT2D eigenvalue weighted by atomic mass is 10.1. The van der Waals surface area contributed by atoms with E-state index in [1.165, 1.54) is 10.4 Å². The first-order valence-corrected chi connectivity index (χ1v) is 8.56. The van der Waals surface area contributed by atoms with Crippen molar-refractivity contribution in [3.8, 4) is 5.75 Å². The summed E-state index contributed by atoms with van der Waals surface area (Å²) in [5, 5.41) is 6.22. The number of ether oxygens (including phenoxy) is 1. The molecule has 0 radical (unpaired) electrons. The van der Waals surface area contributed by atoms with E-state index in [1.54, 1.807) is 0 Å². The van der Waals surface area contributed by atoms with Crippen LogP contribution in [0.5, 0.6) is 5.75 Å². The molecule has 0 amide bonds. The average molecular weight is 310 g/mol. The number of benzene rings is 2. The molecule has 3 nitrogen and oxygen atoms in total. The van der Waals surface area contributed by atoms with Crippen molar-refractivity contribution in [3.05, 3.63) is 65.0 Å². The number of rotatable bonds is 5. The summed E-state index contributed by atoms with van der Waals surface area (Å²) < 4.78 is 5.86. The summed E-state index contributed by atoms with van der Waals surface area (Å²) in [6.45, 7) is 7.85. The van der Waals surface area contributed by atoms with Crippen molar-refractivity contribution in [3.63, 3.8) is 0 Å². The highest BCUT2D eigenvalue weighted by molar-refractivity contribution is 5.22. The molecule has 0 aromatic heterocycles. The second-order valence-corrected chi connectivity index (χ2v) is 6.20. The van der Waals surface area contributed by atoms with Gasteiger partial charge in [0.1, 0.15) is 5.75 Å². The van der Waals surface area contributed by atoms with Gasteiger partial charge >= 0.3 is 0 Å². The molecule has 1 aromatic rings. The standard InChI is InChI=1S/C14H22N2O.C6H4/c1-13(17-14-5-3-2-4-6-14)7-10-16-11-8-15-9-12-16;1-2-6-4-3-5(1)6/h2-6,13,15H,7-12H2,1H3;1-4H. The molecule has 0 saturated carbocycles. The molecular formula is C20H26N2O. The second kappa shape index (κ2) is 8.14. The summed E-state index contributed by atoms with van der Waals surface area (Å²) in [7, 11) is 0. The van der Waals surface area contributed by atoms with Crippen molar-refractivity contribution in [2.24, 2.45) is 0 Å².